The molecule has 3 aliphatic rings. The van der Waals surface area contributed by atoms with Crippen molar-refractivity contribution in [1.29, 1.82) is 0 Å². The molecule has 3 fully saturated rings. The molecule has 0 aliphatic heterocycles. The Morgan fingerprint density at radius 3 is 2.10 bits per heavy atom. The minimum atomic E-state index is -0.154. The van der Waals surface area contributed by atoms with Gasteiger partial charge in [0.2, 0.25) is 0 Å². The van der Waals surface area contributed by atoms with Crippen molar-refractivity contribution in [3.8, 4) is 11.5 Å². The van der Waals surface area contributed by atoms with Crippen LogP contribution in [0.4, 0.5) is 0 Å². The summed E-state index contributed by atoms with van der Waals surface area (Å²) in [5.41, 5.74) is 1.04. The molecule has 0 atom stereocenters. The van der Waals surface area contributed by atoms with Gasteiger partial charge in [-0.3, -0.25) is 9.59 Å². The number of aryl methyl sites for hydroxylation is 1. The number of ether oxygens (including phenoxy) is 2. The number of rotatable bonds is 9. The molecule has 3 aliphatic carbocycles. The summed E-state index contributed by atoms with van der Waals surface area (Å²) >= 11 is 5.83. The number of nitrogens with one attached hydrogen (secondary N) is 1. The molecule has 152 valence electrons. The van der Waals surface area contributed by atoms with Crippen LogP contribution in [0.5, 0.6) is 11.5 Å². The monoisotopic (exact) mass is 413 g/mol. The van der Waals surface area contributed by atoms with E-state index in [1.54, 1.807) is 24.3 Å². The predicted octanol–water partition coefficient (Wildman–Crippen LogP) is 4.10. The van der Waals surface area contributed by atoms with Crippen molar-refractivity contribution in [3.05, 3.63) is 59.1 Å². The second kappa shape index (κ2) is 7.71. The van der Waals surface area contributed by atoms with E-state index in [0.717, 1.165) is 24.8 Å². The highest BCUT2D eigenvalue weighted by atomic mass is 35.5. The molecule has 3 saturated carbocycles. The number of hydrogen-bond donors (Lipinski definition) is 1. The van der Waals surface area contributed by atoms with Crippen molar-refractivity contribution in [1.82, 2.24) is 5.32 Å². The summed E-state index contributed by atoms with van der Waals surface area (Å²) in [6.07, 6.45) is 3.06. The molecule has 1 N–H and O–H groups in total. The normalized spacial score (nSPS) is 24.1. The third-order valence-electron chi connectivity index (χ3n) is 5.72. The molecule has 0 spiro atoms. The van der Waals surface area contributed by atoms with Gasteiger partial charge in [-0.15, -0.1) is 0 Å². The molecule has 2 aromatic rings. The van der Waals surface area contributed by atoms with E-state index in [1.165, 1.54) is 0 Å². The number of halogens is 1. The van der Waals surface area contributed by atoms with Crippen LogP contribution >= 0.6 is 11.6 Å². The van der Waals surface area contributed by atoms with Crippen molar-refractivity contribution < 1.29 is 19.1 Å². The molecule has 6 heteroatoms. The minimum absolute atomic E-state index is 0.0281. The Hall–Kier alpha value is -2.53. The molecule has 5 nitrogen and oxygen atoms in total. The van der Waals surface area contributed by atoms with Crippen LogP contribution < -0.4 is 14.8 Å². The summed E-state index contributed by atoms with van der Waals surface area (Å²) in [5.74, 6) is 1.29. The molecule has 0 saturated heterocycles. The molecule has 2 bridgehead atoms. The number of carbonyl (C=O) groups excluding carboxylic acids is 2. The quantitative estimate of drug-likeness (QED) is 0.672. The summed E-state index contributed by atoms with van der Waals surface area (Å²) in [6, 6.07) is 14.6. The lowest BCUT2D eigenvalue weighted by molar-refractivity contribution is -0.173. The third kappa shape index (κ3) is 4.56. The molecule has 0 radical (unpaired) electrons. The maximum Gasteiger partial charge on any atom is 0.258 e. The fourth-order valence-corrected chi connectivity index (χ4v) is 4.72. The lowest BCUT2D eigenvalue weighted by Crippen LogP contribution is -2.75. The first kappa shape index (κ1) is 19.8. The Kier molecular flexibility index (Phi) is 5.26. The molecular weight excluding hydrogens is 390 g/mol. The largest absolute Gasteiger partial charge is 0.486 e. The molecule has 5 rings (SSSR count). The number of carbonyl (C=O) groups is 2. The van der Waals surface area contributed by atoms with E-state index in [1.807, 2.05) is 31.2 Å². The Labute approximate surface area is 175 Å². The van der Waals surface area contributed by atoms with Gasteiger partial charge in [0, 0.05) is 17.0 Å². The highest BCUT2D eigenvalue weighted by molar-refractivity contribution is 6.30. The maximum absolute atomic E-state index is 12.3. The predicted molar refractivity (Wildman–Crippen MR) is 110 cm³/mol. The molecule has 0 aromatic heterocycles. The van der Waals surface area contributed by atoms with E-state index >= 15 is 0 Å². The minimum Gasteiger partial charge on any atom is -0.486 e. The van der Waals surface area contributed by atoms with E-state index in [2.05, 4.69) is 5.32 Å². The molecular formula is C23H24ClNO4. The molecule has 0 heterocycles. The van der Waals surface area contributed by atoms with Gasteiger partial charge in [-0.05, 0) is 68.0 Å². The van der Waals surface area contributed by atoms with Crippen LogP contribution in [0.15, 0.2) is 48.5 Å². The van der Waals surface area contributed by atoms with E-state index < -0.39 is 0 Å². The first-order chi connectivity index (χ1) is 13.9. The van der Waals surface area contributed by atoms with Crippen molar-refractivity contribution in [2.45, 2.75) is 38.1 Å². The average molecular weight is 414 g/mol. The van der Waals surface area contributed by atoms with Crippen molar-refractivity contribution >= 4 is 23.3 Å². The summed E-state index contributed by atoms with van der Waals surface area (Å²) in [6.45, 7) is 2.08. The van der Waals surface area contributed by atoms with Crippen LogP contribution in [-0.2, 0) is 9.59 Å². The lowest BCUT2D eigenvalue weighted by Gasteiger charge is -2.70. The van der Waals surface area contributed by atoms with Gasteiger partial charge in [-0.2, -0.15) is 0 Å². The number of amides is 1. The fraction of sp³-hybridized carbons (Fsp3) is 0.391. The van der Waals surface area contributed by atoms with Crippen LogP contribution in [0.2, 0.25) is 5.02 Å². The van der Waals surface area contributed by atoms with Gasteiger partial charge in [0.1, 0.15) is 18.1 Å². The van der Waals surface area contributed by atoms with Gasteiger partial charge in [-0.1, -0.05) is 29.3 Å². The number of benzene rings is 2. The van der Waals surface area contributed by atoms with Gasteiger partial charge < -0.3 is 14.8 Å². The lowest BCUT2D eigenvalue weighted by atomic mass is 9.38. The zero-order valence-electron chi connectivity index (χ0n) is 16.4. The highest BCUT2D eigenvalue weighted by Crippen LogP contribution is 2.68. The topological polar surface area (TPSA) is 64.6 Å². The second-order valence-corrected chi connectivity index (χ2v) is 8.86. The number of ketones is 1. The Balaban J connectivity index is 1.16. The smallest absolute Gasteiger partial charge is 0.258 e. The summed E-state index contributed by atoms with van der Waals surface area (Å²) < 4.78 is 11.1. The highest BCUT2D eigenvalue weighted by Gasteiger charge is 2.68. The Bertz CT molecular complexity index is 814. The number of Topliss-reactive ketones (excluding diaryl/α,β-unsaturated/α-hetero) is 1. The standard InChI is InChI=1S/C23H24ClNO4/c1-16-2-6-19(7-3-16)28-11-18(26)10-22-13-23(14-22,15-22)25-21(27)12-29-20-8-4-17(24)5-9-20/h2-9H,10-15H2,1H3,(H,25,27). The van der Waals surface area contributed by atoms with Crippen molar-refractivity contribution in [2.75, 3.05) is 13.2 Å². The van der Waals surface area contributed by atoms with Gasteiger partial charge in [-0.25, -0.2) is 0 Å². The average Bonchev–Trinajstić information content (AvgIpc) is 2.64. The van der Waals surface area contributed by atoms with Gasteiger partial charge in [0.05, 0.1) is 0 Å². The van der Waals surface area contributed by atoms with Crippen LogP contribution in [0.3, 0.4) is 0 Å². The molecule has 0 unspecified atom stereocenters. The fourth-order valence-electron chi connectivity index (χ4n) is 4.60. The van der Waals surface area contributed by atoms with Crippen molar-refractivity contribution in [2.24, 2.45) is 5.41 Å². The molecule has 1 amide bonds. The number of hydrogen-bond acceptors (Lipinski definition) is 4. The summed E-state index contributed by atoms with van der Waals surface area (Å²) in [5, 5.41) is 3.69. The van der Waals surface area contributed by atoms with Crippen LogP contribution in [-0.4, -0.2) is 30.4 Å². The first-order valence-electron chi connectivity index (χ1n) is 9.76. The first-order valence-corrected chi connectivity index (χ1v) is 10.1. The van der Waals surface area contributed by atoms with E-state index in [-0.39, 0.29) is 35.9 Å². The van der Waals surface area contributed by atoms with Crippen molar-refractivity contribution in [3.63, 3.8) is 0 Å². The van der Waals surface area contributed by atoms with Gasteiger partial charge in [0.15, 0.2) is 12.4 Å². The van der Waals surface area contributed by atoms with E-state index in [4.69, 9.17) is 21.1 Å². The summed E-state index contributed by atoms with van der Waals surface area (Å²) in [7, 11) is 0. The van der Waals surface area contributed by atoms with E-state index in [9.17, 15) is 9.59 Å². The molecule has 2 aromatic carbocycles. The van der Waals surface area contributed by atoms with Gasteiger partial charge >= 0.3 is 0 Å². The zero-order valence-corrected chi connectivity index (χ0v) is 17.1. The Morgan fingerprint density at radius 1 is 0.931 bits per heavy atom. The van der Waals surface area contributed by atoms with E-state index in [0.29, 0.717) is 22.9 Å². The Morgan fingerprint density at radius 2 is 1.48 bits per heavy atom. The zero-order chi connectivity index (χ0) is 20.5. The van der Waals surface area contributed by atoms with Gasteiger partial charge in [0.25, 0.3) is 5.91 Å². The van der Waals surface area contributed by atoms with Crippen LogP contribution in [0.25, 0.3) is 0 Å². The van der Waals surface area contributed by atoms with Crippen LogP contribution in [0.1, 0.15) is 31.2 Å². The SMILES string of the molecule is Cc1ccc(OCC(=O)CC23CC(NC(=O)COc4ccc(Cl)cc4)(C2)C3)cc1. The maximum atomic E-state index is 12.3. The van der Waals surface area contributed by atoms with Crippen LogP contribution in [0, 0.1) is 12.3 Å². The third-order valence-corrected chi connectivity index (χ3v) is 5.97. The summed E-state index contributed by atoms with van der Waals surface area (Å²) in [4.78, 5) is 24.5. The second-order valence-electron chi connectivity index (χ2n) is 8.42. The molecule has 29 heavy (non-hydrogen) atoms.